The van der Waals surface area contributed by atoms with E-state index in [0.717, 1.165) is 6.42 Å². The van der Waals surface area contributed by atoms with E-state index < -0.39 is 0 Å². The minimum atomic E-state index is 0.158. The lowest BCUT2D eigenvalue weighted by atomic mass is 9.86. The largest absolute Gasteiger partial charge is 0.334 e. The van der Waals surface area contributed by atoms with Crippen molar-refractivity contribution in [2.24, 2.45) is 4.99 Å². The molecular formula is C26H34N2. The summed E-state index contributed by atoms with van der Waals surface area (Å²) in [4.78, 5) is 6.89. The second-order valence-electron chi connectivity index (χ2n) is 9.94. The van der Waals surface area contributed by atoms with E-state index in [1.54, 1.807) is 0 Å². The second-order valence-corrected chi connectivity index (χ2v) is 9.94. The van der Waals surface area contributed by atoms with Gasteiger partial charge >= 0.3 is 0 Å². The van der Waals surface area contributed by atoms with Gasteiger partial charge in [0.25, 0.3) is 0 Å². The predicted molar refractivity (Wildman–Crippen MR) is 123 cm³/mol. The van der Waals surface area contributed by atoms with Gasteiger partial charge < -0.3 is 4.90 Å². The predicted octanol–water partition coefficient (Wildman–Crippen LogP) is 7.17. The third-order valence-corrected chi connectivity index (χ3v) is 5.46. The molecule has 1 heterocycles. The maximum absolute atomic E-state index is 4.45. The van der Waals surface area contributed by atoms with Crippen LogP contribution in [0.5, 0.6) is 0 Å². The molecule has 148 valence electrons. The topological polar surface area (TPSA) is 15.6 Å². The van der Waals surface area contributed by atoms with Crippen molar-refractivity contribution in [2.75, 3.05) is 4.90 Å². The zero-order valence-electron chi connectivity index (χ0n) is 18.5. The minimum Gasteiger partial charge on any atom is -0.334 e. The van der Waals surface area contributed by atoms with Crippen molar-refractivity contribution >= 4 is 17.1 Å². The third-order valence-electron chi connectivity index (χ3n) is 5.46. The Bertz CT molecular complexity index is 799. The van der Waals surface area contributed by atoms with Crippen LogP contribution in [-0.4, -0.2) is 11.8 Å². The summed E-state index contributed by atoms with van der Waals surface area (Å²) in [5, 5.41) is 0. The van der Waals surface area contributed by atoms with Gasteiger partial charge in [-0.3, -0.25) is 4.99 Å². The summed E-state index contributed by atoms with van der Waals surface area (Å²) in [6.45, 7) is 15.7. The molecule has 0 fully saturated rings. The van der Waals surface area contributed by atoms with Crippen molar-refractivity contribution in [1.29, 1.82) is 0 Å². The third kappa shape index (κ3) is 4.55. The first-order valence-corrected chi connectivity index (χ1v) is 10.3. The summed E-state index contributed by atoms with van der Waals surface area (Å²) in [6, 6.07) is 18.4. The van der Waals surface area contributed by atoms with Crippen molar-refractivity contribution in [1.82, 2.24) is 0 Å². The Morgan fingerprint density at radius 2 is 1.18 bits per heavy atom. The highest BCUT2D eigenvalue weighted by atomic mass is 15.2. The molecule has 3 rings (SSSR count). The lowest BCUT2D eigenvalue weighted by Crippen LogP contribution is -2.32. The summed E-state index contributed by atoms with van der Waals surface area (Å²) in [6.07, 6.45) is 5.10. The van der Waals surface area contributed by atoms with Gasteiger partial charge in [-0.1, -0.05) is 65.8 Å². The highest BCUT2D eigenvalue weighted by Crippen LogP contribution is 2.34. The van der Waals surface area contributed by atoms with Crippen molar-refractivity contribution in [3.8, 4) is 0 Å². The van der Waals surface area contributed by atoms with E-state index in [9.17, 15) is 0 Å². The molecule has 0 amide bonds. The van der Waals surface area contributed by atoms with E-state index in [1.807, 2.05) is 6.20 Å². The van der Waals surface area contributed by atoms with Crippen molar-refractivity contribution in [3.63, 3.8) is 0 Å². The average Bonchev–Trinajstić information content (AvgIpc) is 2.61. The molecule has 1 aliphatic heterocycles. The van der Waals surface area contributed by atoms with Crippen LogP contribution in [0.25, 0.3) is 0 Å². The van der Waals surface area contributed by atoms with E-state index in [0.29, 0.717) is 0 Å². The second kappa shape index (κ2) is 7.58. The summed E-state index contributed by atoms with van der Waals surface area (Å²) in [5.74, 6) is 0. The van der Waals surface area contributed by atoms with Gasteiger partial charge in [0.15, 0.2) is 0 Å². The monoisotopic (exact) mass is 374 g/mol. The fourth-order valence-electron chi connectivity index (χ4n) is 3.65. The molecule has 2 aromatic carbocycles. The first-order chi connectivity index (χ1) is 13.1. The van der Waals surface area contributed by atoms with Gasteiger partial charge in [0.05, 0.1) is 6.04 Å². The standard InChI is InChI=1S/C26H34N2/c1-19-18-24(16-17-27-19)28(22-12-8-20(9-13-22)25(2,3)4)23-14-10-21(11-15-23)26(5,6)7/h8-17,24H,18H2,1-7H3/t24-/m1/s1. The number of nitrogens with zero attached hydrogens (tertiary/aromatic N) is 2. The van der Waals surface area contributed by atoms with E-state index in [1.165, 1.54) is 28.2 Å². The van der Waals surface area contributed by atoms with Crippen LogP contribution in [0.2, 0.25) is 0 Å². The van der Waals surface area contributed by atoms with Gasteiger partial charge in [-0.05, 0) is 59.2 Å². The van der Waals surface area contributed by atoms with Crippen molar-refractivity contribution in [3.05, 3.63) is 71.9 Å². The Morgan fingerprint density at radius 1 is 0.750 bits per heavy atom. The molecule has 28 heavy (non-hydrogen) atoms. The fourth-order valence-corrected chi connectivity index (χ4v) is 3.65. The molecule has 0 radical (unpaired) electrons. The Balaban J connectivity index is 2.01. The molecule has 0 N–H and O–H groups in total. The molecule has 0 spiro atoms. The van der Waals surface area contributed by atoms with E-state index in [4.69, 9.17) is 0 Å². The van der Waals surface area contributed by atoms with Gasteiger partial charge in [-0.25, -0.2) is 0 Å². The van der Waals surface area contributed by atoms with Crippen LogP contribution < -0.4 is 4.90 Å². The molecule has 0 aliphatic carbocycles. The summed E-state index contributed by atoms with van der Waals surface area (Å²) >= 11 is 0. The molecule has 0 unspecified atom stereocenters. The number of hydrogen-bond acceptors (Lipinski definition) is 2. The molecule has 0 aromatic heterocycles. The molecule has 2 heteroatoms. The molecule has 1 atom stereocenters. The lowest BCUT2D eigenvalue weighted by Gasteiger charge is -2.34. The number of benzene rings is 2. The molecular weight excluding hydrogens is 340 g/mol. The molecule has 2 nitrogen and oxygen atoms in total. The SMILES string of the molecule is CC1=NC=C[C@@H](N(c2ccc(C(C)(C)C)cc2)c2ccc(C(C)(C)C)cc2)C1. The van der Waals surface area contributed by atoms with E-state index in [-0.39, 0.29) is 16.9 Å². The van der Waals surface area contributed by atoms with Crippen LogP contribution in [0.15, 0.2) is 65.8 Å². The fraction of sp³-hybridized carbons (Fsp3) is 0.423. The quantitative estimate of drug-likeness (QED) is 0.556. The molecule has 2 aromatic rings. The van der Waals surface area contributed by atoms with Gasteiger partial charge in [0.1, 0.15) is 0 Å². The highest BCUT2D eigenvalue weighted by Gasteiger charge is 2.23. The van der Waals surface area contributed by atoms with Crippen LogP contribution in [0.4, 0.5) is 11.4 Å². The normalized spacial score (nSPS) is 17.4. The number of rotatable bonds is 3. The van der Waals surface area contributed by atoms with E-state index >= 15 is 0 Å². The lowest BCUT2D eigenvalue weighted by molar-refractivity contribution is 0.590. The van der Waals surface area contributed by atoms with Gasteiger partial charge in [0.2, 0.25) is 0 Å². The molecule has 1 aliphatic rings. The zero-order chi connectivity index (χ0) is 20.5. The van der Waals surface area contributed by atoms with Crippen LogP contribution in [0.3, 0.4) is 0 Å². The van der Waals surface area contributed by atoms with Gasteiger partial charge in [-0.2, -0.15) is 0 Å². The number of anilines is 2. The molecule has 0 saturated heterocycles. The summed E-state index contributed by atoms with van der Waals surface area (Å²) in [7, 11) is 0. The Hall–Kier alpha value is -2.35. The smallest absolute Gasteiger partial charge is 0.0592 e. The van der Waals surface area contributed by atoms with E-state index in [2.05, 4.69) is 113 Å². The van der Waals surface area contributed by atoms with Crippen molar-refractivity contribution < 1.29 is 0 Å². The average molecular weight is 375 g/mol. The van der Waals surface area contributed by atoms with Gasteiger partial charge in [-0.15, -0.1) is 0 Å². The van der Waals surface area contributed by atoms with Crippen LogP contribution in [-0.2, 0) is 10.8 Å². The zero-order valence-corrected chi connectivity index (χ0v) is 18.5. The highest BCUT2D eigenvalue weighted by molar-refractivity contribution is 5.85. The first kappa shape index (κ1) is 20.4. The van der Waals surface area contributed by atoms with Gasteiger partial charge in [0, 0.05) is 29.7 Å². The Morgan fingerprint density at radius 3 is 1.54 bits per heavy atom. The minimum absolute atomic E-state index is 0.158. The Kier molecular flexibility index (Phi) is 5.52. The maximum atomic E-state index is 4.45. The van der Waals surface area contributed by atoms with Crippen LogP contribution in [0, 0.1) is 0 Å². The summed E-state index contributed by atoms with van der Waals surface area (Å²) in [5.41, 5.74) is 6.65. The molecule has 0 bridgehead atoms. The Labute approximate surface area is 171 Å². The molecule has 0 saturated carbocycles. The number of aliphatic imine (C=N–C) groups is 1. The van der Waals surface area contributed by atoms with Crippen LogP contribution >= 0.6 is 0 Å². The maximum Gasteiger partial charge on any atom is 0.0592 e. The summed E-state index contributed by atoms with van der Waals surface area (Å²) < 4.78 is 0. The first-order valence-electron chi connectivity index (χ1n) is 10.3. The van der Waals surface area contributed by atoms with Crippen LogP contribution in [0.1, 0.15) is 66.0 Å². The van der Waals surface area contributed by atoms with Crippen molar-refractivity contribution in [2.45, 2.75) is 71.8 Å². The number of hydrogen-bond donors (Lipinski definition) is 0.